The Morgan fingerprint density at radius 2 is 2.08 bits per heavy atom. The molecule has 1 saturated carbocycles. The highest BCUT2D eigenvalue weighted by molar-refractivity contribution is 5.89. The lowest BCUT2D eigenvalue weighted by Crippen LogP contribution is -2.37. The molecule has 1 rings (SSSR count). The van der Waals surface area contributed by atoms with Gasteiger partial charge in [0.1, 0.15) is 5.60 Å². The summed E-state index contributed by atoms with van der Waals surface area (Å²) in [5, 5.41) is 0. The molecule has 2 nitrogen and oxygen atoms in total. The second kappa shape index (κ2) is 4.43. The van der Waals surface area contributed by atoms with Crippen LogP contribution in [0, 0.1) is 11.8 Å². The summed E-state index contributed by atoms with van der Waals surface area (Å²) in [5.74, 6) is 5.70. The fraction of sp³-hybridized carbons (Fsp3) is 0.727. The van der Waals surface area contributed by atoms with Crippen LogP contribution in [0.1, 0.15) is 39.0 Å². The van der Waals surface area contributed by atoms with E-state index in [1.54, 1.807) is 14.0 Å². The van der Waals surface area contributed by atoms with Gasteiger partial charge in [0.2, 0.25) is 0 Å². The molecule has 0 spiro atoms. The molecule has 0 radical (unpaired) electrons. The molecule has 0 aromatic carbocycles. The summed E-state index contributed by atoms with van der Waals surface area (Å²) < 4.78 is 5.34. The predicted molar refractivity (Wildman–Crippen MR) is 51.3 cm³/mol. The van der Waals surface area contributed by atoms with Gasteiger partial charge in [0.05, 0.1) is 6.42 Å². The molecule has 1 aliphatic carbocycles. The van der Waals surface area contributed by atoms with Crippen LogP contribution in [-0.4, -0.2) is 18.5 Å². The quantitative estimate of drug-likeness (QED) is 0.620. The average Bonchev–Trinajstić information content (AvgIpc) is 2.63. The standard InChI is InChI=1S/C11H16O2/c1-3-4-7-10(12)11(13-2)8-5-6-9-11/h5-9H2,1-2H3. The van der Waals surface area contributed by atoms with E-state index in [2.05, 4.69) is 11.8 Å². The Kier molecular flexibility index (Phi) is 3.50. The lowest BCUT2D eigenvalue weighted by atomic mass is 9.94. The number of ether oxygens (including phenoxy) is 1. The molecular weight excluding hydrogens is 164 g/mol. The molecule has 0 amide bonds. The number of carbonyl (C=O) groups excluding carboxylic acids is 1. The summed E-state index contributed by atoms with van der Waals surface area (Å²) in [6.45, 7) is 1.75. The lowest BCUT2D eigenvalue weighted by molar-refractivity contribution is -0.139. The van der Waals surface area contributed by atoms with Crippen molar-refractivity contribution < 1.29 is 9.53 Å². The molecule has 0 bridgehead atoms. The molecule has 72 valence electrons. The maximum Gasteiger partial charge on any atom is 0.176 e. The van der Waals surface area contributed by atoms with Crippen molar-refractivity contribution in [1.82, 2.24) is 0 Å². The van der Waals surface area contributed by atoms with E-state index in [1.807, 2.05) is 0 Å². The van der Waals surface area contributed by atoms with E-state index in [-0.39, 0.29) is 5.78 Å². The van der Waals surface area contributed by atoms with Crippen molar-refractivity contribution >= 4 is 5.78 Å². The number of ketones is 1. The number of carbonyl (C=O) groups is 1. The van der Waals surface area contributed by atoms with Crippen molar-refractivity contribution in [2.45, 2.75) is 44.6 Å². The zero-order chi connectivity index (χ0) is 9.73. The van der Waals surface area contributed by atoms with Crippen molar-refractivity contribution in [1.29, 1.82) is 0 Å². The normalized spacial score (nSPS) is 19.2. The van der Waals surface area contributed by atoms with Gasteiger partial charge < -0.3 is 4.74 Å². The smallest absolute Gasteiger partial charge is 0.176 e. The van der Waals surface area contributed by atoms with Crippen molar-refractivity contribution in [2.75, 3.05) is 7.11 Å². The first kappa shape index (κ1) is 10.3. The van der Waals surface area contributed by atoms with E-state index in [0.29, 0.717) is 6.42 Å². The molecule has 1 fully saturated rings. The minimum atomic E-state index is -0.496. The zero-order valence-electron chi connectivity index (χ0n) is 8.35. The van der Waals surface area contributed by atoms with Crippen LogP contribution < -0.4 is 0 Å². The molecule has 13 heavy (non-hydrogen) atoms. The first-order valence-corrected chi connectivity index (χ1v) is 4.73. The highest BCUT2D eigenvalue weighted by atomic mass is 16.5. The highest BCUT2D eigenvalue weighted by Crippen LogP contribution is 2.34. The van der Waals surface area contributed by atoms with Crippen LogP contribution in [-0.2, 0) is 9.53 Å². The van der Waals surface area contributed by atoms with Crippen molar-refractivity contribution in [2.24, 2.45) is 0 Å². The number of hydrogen-bond donors (Lipinski definition) is 0. The van der Waals surface area contributed by atoms with E-state index in [4.69, 9.17) is 4.74 Å². The van der Waals surface area contributed by atoms with E-state index < -0.39 is 5.60 Å². The topological polar surface area (TPSA) is 26.3 Å². The maximum absolute atomic E-state index is 11.7. The minimum absolute atomic E-state index is 0.154. The Morgan fingerprint density at radius 3 is 2.54 bits per heavy atom. The van der Waals surface area contributed by atoms with Gasteiger partial charge in [0, 0.05) is 7.11 Å². The number of Topliss-reactive ketones (excluding diaryl/α,β-unsaturated/α-hetero) is 1. The van der Waals surface area contributed by atoms with Gasteiger partial charge in [-0.05, 0) is 32.6 Å². The summed E-state index contributed by atoms with van der Waals surface area (Å²) in [6, 6.07) is 0. The van der Waals surface area contributed by atoms with Crippen LogP contribution in [0.2, 0.25) is 0 Å². The fourth-order valence-corrected chi connectivity index (χ4v) is 1.87. The van der Waals surface area contributed by atoms with Crippen molar-refractivity contribution in [3.05, 3.63) is 0 Å². The number of methoxy groups -OCH3 is 1. The second-order valence-corrected chi connectivity index (χ2v) is 3.43. The first-order valence-electron chi connectivity index (χ1n) is 4.73. The van der Waals surface area contributed by atoms with Crippen LogP contribution in [0.15, 0.2) is 0 Å². The molecule has 0 saturated heterocycles. The summed E-state index contributed by atoms with van der Waals surface area (Å²) in [7, 11) is 1.63. The third-order valence-corrected chi connectivity index (χ3v) is 2.74. The van der Waals surface area contributed by atoms with Crippen LogP contribution in [0.3, 0.4) is 0 Å². The van der Waals surface area contributed by atoms with Crippen LogP contribution in [0.4, 0.5) is 0 Å². The summed E-state index contributed by atoms with van der Waals surface area (Å²) in [4.78, 5) is 11.7. The summed E-state index contributed by atoms with van der Waals surface area (Å²) in [6.07, 6.45) is 4.27. The third-order valence-electron chi connectivity index (χ3n) is 2.74. The van der Waals surface area contributed by atoms with Crippen molar-refractivity contribution in [3.8, 4) is 11.8 Å². The SMILES string of the molecule is CC#CCC(=O)C1(OC)CCCC1. The lowest BCUT2D eigenvalue weighted by Gasteiger charge is -2.24. The first-order chi connectivity index (χ1) is 6.25. The molecule has 2 heteroatoms. The van der Waals surface area contributed by atoms with Gasteiger partial charge in [-0.3, -0.25) is 4.79 Å². The van der Waals surface area contributed by atoms with Gasteiger partial charge in [0.15, 0.2) is 5.78 Å². The van der Waals surface area contributed by atoms with Gasteiger partial charge in [-0.2, -0.15) is 0 Å². The Hall–Kier alpha value is -0.810. The van der Waals surface area contributed by atoms with E-state index in [9.17, 15) is 4.79 Å². The Labute approximate surface area is 79.7 Å². The molecule has 0 N–H and O–H groups in total. The van der Waals surface area contributed by atoms with Crippen LogP contribution in [0.25, 0.3) is 0 Å². The molecular formula is C11H16O2. The Balaban J connectivity index is 2.63. The van der Waals surface area contributed by atoms with Gasteiger partial charge in [-0.25, -0.2) is 0 Å². The zero-order valence-corrected chi connectivity index (χ0v) is 8.35. The van der Waals surface area contributed by atoms with Gasteiger partial charge in [-0.1, -0.05) is 5.92 Å². The summed E-state index contributed by atoms with van der Waals surface area (Å²) >= 11 is 0. The van der Waals surface area contributed by atoms with Crippen molar-refractivity contribution in [3.63, 3.8) is 0 Å². The fourth-order valence-electron chi connectivity index (χ4n) is 1.87. The molecule has 0 atom stereocenters. The average molecular weight is 180 g/mol. The Bertz CT molecular complexity index is 239. The second-order valence-electron chi connectivity index (χ2n) is 3.43. The Morgan fingerprint density at radius 1 is 1.46 bits per heavy atom. The number of rotatable bonds is 3. The highest BCUT2D eigenvalue weighted by Gasteiger charge is 2.40. The molecule has 0 aromatic heterocycles. The summed E-state index contributed by atoms with van der Waals surface area (Å²) in [5.41, 5.74) is -0.496. The van der Waals surface area contributed by atoms with Crippen LogP contribution >= 0.6 is 0 Å². The third kappa shape index (κ3) is 2.10. The maximum atomic E-state index is 11.7. The monoisotopic (exact) mass is 180 g/mol. The van der Waals surface area contributed by atoms with E-state index in [1.165, 1.54) is 0 Å². The van der Waals surface area contributed by atoms with Gasteiger partial charge in [0.25, 0.3) is 0 Å². The van der Waals surface area contributed by atoms with Gasteiger partial charge in [-0.15, -0.1) is 5.92 Å². The van der Waals surface area contributed by atoms with E-state index in [0.717, 1.165) is 25.7 Å². The molecule has 0 heterocycles. The van der Waals surface area contributed by atoms with E-state index >= 15 is 0 Å². The molecule has 0 aromatic rings. The molecule has 0 unspecified atom stereocenters. The largest absolute Gasteiger partial charge is 0.370 e. The number of hydrogen-bond acceptors (Lipinski definition) is 2. The molecule has 0 aliphatic heterocycles. The minimum Gasteiger partial charge on any atom is -0.370 e. The predicted octanol–water partition coefficient (Wildman–Crippen LogP) is 1.93. The van der Waals surface area contributed by atoms with Crippen LogP contribution in [0.5, 0.6) is 0 Å². The molecule has 1 aliphatic rings. The van der Waals surface area contributed by atoms with Gasteiger partial charge >= 0.3 is 0 Å².